The molecule has 33 heavy (non-hydrogen) atoms. The molecule has 10 unspecified atom stereocenters. The van der Waals surface area contributed by atoms with Crippen LogP contribution in [-0.2, 0) is 9.47 Å². The minimum atomic E-state index is -1.49. The normalized spacial score (nSPS) is 47.4. The van der Waals surface area contributed by atoms with E-state index in [1.807, 2.05) is 13.8 Å². The molecule has 3 fully saturated rings. The second-order valence-corrected chi connectivity index (χ2v) is 12.2. The van der Waals surface area contributed by atoms with Crippen LogP contribution in [0.4, 0.5) is 0 Å². The molecule has 0 aromatic heterocycles. The van der Waals surface area contributed by atoms with Crippen molar-refractivity contribution in [2.24, 2.45) is 22.7 Å². The van der Waals surface area contributed by atoms with Crippen molar-refractivity contribution >= 4 is 0 Å². The number of fused-ring (bicyclic) bond motifs is 1. The van der Waals surface area contributed by atoms with Gasteiger partial charge in [0.15, 0.2) is 6.29 Å². The van der Waals surface area contributed by atoms with E-state index < -0.39 is 48.5 Å². The summed E-state index contributed by atoms with van der Waals surface area (Å²) >= 11 is 0. The maximum atomic E-state index is 11.5. The topological polar surface area (TPSA) is 120 Å². The minimum absolute atomic E-state index is 0.0225. The summed E-state index contributed by atoms with van der Waals surface area (Å²) in [6.45, 7) is 14.3. The lowest BCUT2D eigenvalue weighted by molar-refractivity contribution is -0.320. The molecule has 2 saturated carbocycles. The Bertz CT molecular complexity index is 692. The molecule has 0 aromatic rings. The van der Waals surface area contributed by atoms with Gasteiger partial charge in [-0.25, -0.2) is 0 Å². The highest BCUT2D eigenvalue weighted by atomic mass is 16.7. The smallest absolute Gasteiger partial charge is 0.187 e. The standard InChI is InChI=1S/C26H46O7/c1-7-24(4,33-22-21(30)20(29)19(28)16(15-27)32-22)13-9-18-25(5)12-8-11-23(2,3)17(25)10-14-26(18,6)31/h7,16-22,27-31H,1,8-15H2,2-6H3. The van der Waals surface area contributed by atoms with Gasteiger partial charge in [0.2, 0.25) is 0 Å². The summed E-state index contributed by atoms with van der Waals surface area (Å²) < 4.78 is 11.7. The van der Waals surface area contributed by atoms with Crippen LogP contribution in [0.25, 0.3) is 0 Å². The summed E-state index contributed by atoms with van der Waals surface area (Å²) in [7, 11) is 0. The summed E-state index contributed by atoms with van der Waals surface area (Å²) in [4.78, 5) is 0. The highest BCUT2D eigenvalue weighted by Crippen LogP contribution is 2.63. The zero-order valence-electron chi connectivity index (χ0n) is 21.0. The number of ether oxygens (including phenoxy) is 2. The van der Waals surface area contributed by atoms with Gasteiger partial charge in [0.25, 0.3) is 0 Å². The van der Waals surface area contributed by atoms with Crippen molar-refractivity contribution in [3.8, 4) is 0 Å². The van der Waals surface area contributed by atoms with Gasteiger partial charge in [-0.15, -0.1) is 6.58 Å². The Hall–Kier alpha value is -0.540. The molecule has 0 amide bonds. The van der Waals surface area contributed by atoms with E-state index in [9.17, 15) is 25.5 Å². The van der Waals surface area contributed by atoms with Gasteiger partial charge in [-0.3, -0.25) is 0 Å². The number of aliphatic hydroxyl groups is 5. The first-order valence-electron chi connectivity index (χ1n) is 12.5. The third kappa shape index (κ3) is 5.06. The third-order valence-electron chi connectivity index (χ3n) is 9.36. The van der Waals surface area contributed by atoms with Crippen molar-refractivity contribution in [1.82, 2.24) is 0 Å². The van der Waals surface area contributed by atoms with Crippen molar-refractivity contribution in [3.05, 3.63) is 12.7 Å². The maximum absolute atomic E-state index is 11.5. The predicted molar refractivity (Wildman–Crippen MR) is 125 cm³/mol. The average Bonchev–Trinajstić information content (AvgIpc) is 2.72. The summed E-state index contributed by atoms with van der Waals surface area (Å²) in [6, 6.07) is 0. The third-order valence-corrected chi connectivity index (χ3v) is 9.36. The van der Waals surface area contributed by atoms with Crippen molar-refractivity contribution in [3.63, 3.8) is 0 Å². The Morgan fingerprint density at radius 2 is 1.73 bits per heavy atom. The lowest BCUT2D eigenvalue weighted by Crippen LogP contribution is -2.60. The van der Waals surface area contributed by atoms with Crippen LogP contribution in [-0.4, -0.2) is 74.0 Å². The van der Waals surface area contributed by atoms with Gasteiger partial charge in [-0.2, -0.15) is 0 Å². The molecular formula is C26H46O7. The van der Waals surface area contributed by atoms with Crippen LogP contribution in [0.15, 0.2) is 12.7 Å². The Morgan fingerprint density at radius 3 is 2.33 bits per heavy atom. The second-order valence-electron chi connectivity index (χ2n) is 12.2. The lowest BCUT2D eigenvalue weighted by Gasteiger charge is -2.61. The van der Waals surface area contributed by atoms with Crippen molar-refractivity contribution in [1.29, 1.82) is 0 Å². The Balaban J connectivity index is 1.77. The summed E-state index contributed by atoms with van der Waals surface area (Å²) in [5, 5.41) is 51.5. The van der Waals surface area contributed by atoms with Crippen LogP contribution in [0.3, 0.4) is 0 Å². The van der Waals surface area contributed by atoms with Crippen LogP contribution < -0.4 is 0 Å². The van der Waals surface area contributed by atoms with Gasteiger partial charge in [-0.05, 0) is 75.0 Å². The first-order valence-corrected chi connectivity index (χ1v) is 12.5. The summed E-state index contributed by atoms with van der Waals surface area (Å²) in [5.41, 5.74) is -1.40. The number of rotatable bonds is 7. The highest BCUT2D eigenvalue weighted by molar-refractivity contribution is 5.08. The van der Waals surface area contributed by atoms with Gasteiger partial charge >= 0.3 is 0 Å². The van der Waals surface area contributed by atoms with Crippen LogP contribution in [0.2, 0.25) is 0 Å². The average molecular weight is 471 g/mol. The van der Waals surface area contributed by atoms with Gasteiger partial charge < -0.3 is 35.0 Å². The van der Waals surface area contributed by atoms with Crippen LogP contribution >= 0.6 is 0 Å². The van der Waals surface area contributed by atoms with E-state index in [4.69, 9.17) is 9.47 Å². The van der Waals surface area contributed by atoms with E-state index in [2.05, 4.69) is 27.4 Å². The fraction of sp³-hybridized carbons (Fsp3) is 0.923. The SMILES string of the molecule is C=CC(C)(CCC1C(C)(O)CCC2C(C)(C)CCCC21C)OC1OC(CO)C(O)C(O)C1O. The van der Waals surface area contributed by atoms with Crippen LogP contribution in [0.1, 0.15) is 79.6 Å². The molecule has 10 atom stereocenters. The largest absolute Gasteiger partial charge is 0.394 e. The zero-order valence-corrected chi connectivity index (χ0v) is 21.0. The first kappa shape index (κ1) is 27.1. The van der Waals surface area contributed by atoms with E-state index in [1.165, 1.54) is 6.42 Å². The molecule has 0 bridgehead atoms. The van der Waals surface area contributed by atoms with E-state index in [-0.39, 0.29) is 16.7 Å². The summed E-state index contributed by atoms with van der Waals surface area (Å²) in [6.07, 6.45) is 1.61. The molecule has 5 N–H and O–H groups in total. The van der Waals surface area contributed by atoms with Crippen molar-refractivity contribution in [2.45, 2.75) is 121 Å². The van der Waals surface area contributed by atoms with E-state index in [1.54, 1.807) is 6.08 Å². The quantitative estimate of drug-likeness (QED) is 0.363. The molecule has 2 aliphatic carbocycles. The molecule has 1 heterocycles. The highest BCUT2D eigenvalue weighted by Gasteiger charge is 2.58. The number of hydrogen-bond donors (Lipinski definition) is 5. The Kier molecular flexibility index (Phi) is 7.78. The predicted octanol–water partition coefficient (Wildman–Crippen LogP) is 2.52. The first-order chi connectivity index (χ1) is 15.2. The van der Waals surface area contributed by atoms with Gasteiger partial charge in [0, 0.05) is 0 Å². The van der Waals surface area contributed by atoms with E-state index >= 15 is 0 Å². The van der Waals surface area contributed by atoms with E-state index in [0.717, 1.165) is 32.1 Å². The minimum Gasteiger partial charge on any atom is -0.394 e. The lowest BCUT2D eigenvalue weighted by atomic mass is 9.45. The molecule has 192 valence electrons. The van der Waals surface area contributed by atoms with E-state index in [0.29, 0.717) is 12.3 Å². The molecule has 7 nitrogen and oxygen atoms in total. The Morgan fingerprint density at radius 1 is 1.06 bits per heavy atom. The Labute approximate surface area is 198 Å². The fourth-order valence-electron chi connectivity index (χ4n) is 7.34. The molecule has 3 aliphatic rings. The van der Waals surface area contributed by atoms with Crippen molar-refractivity contribution in [2.75, 3.05) is 6.61 Å². The maximum Gasteiger partial charge on any atom is 0.187 e. The molecular weight excluding hydrogens is 424 g/mol. The van der Waals surface area contributed by atoms with Gasteiger partial charge in [0.1, 0.15) is 24.4 Å². The monoisotopic (exact) mass is 470 g/mol. The number of aliphatic hydroxyl groups excluding tert-OH is 4. The van der Waals surface area contributed by atoms with Crippen molar-refractivity contribution < 1.29 is 35.0 Å². The molecule has 1 saturated heterocycles. The second kappa shape index (κ2) is 9.49. The van der Waals surface area contributed by atoms with Crippen LogP contribution in [0.5, 0.6) is 0 Å². The molecule has 7 heteroatoms. The molecule has 0 spiro atoms. The summed E-state index contributed by atoms with van der Waals surface area (Å²) in [5.74, 6) is 0.631. The zero-order chi connectivity index (χ0) is 24.8. The molecule has 0 radical (unpaired) electrons. The van der Waals surface area contributed by atoms with Gasteiger partial charge in [0.05, 0.1) is 17.8 Å². The van der Waals surface area contributed by atoms with Crippen LogP contribution in [0, 0.1) is 22.7 Å². The fourth-order valence-corrected chi connectivity index (χ4v) is 7.34. The number of hydrogen-bond acceptors (Lipinski definition) is 7. The molecule has 3 rings (SSSR count). The molecule has 1 aliphatic heterocycles. The molecule has 0 aromatic carbocycles. The van der Waals surface area contributed by atoms with Gasteiger partial charge in [-0.1, -0.05) is 33.3 Å².